The highest BCUT2D eigenvalue weighted by atomic mass is 35.5. The van der Waals surface area contributed by atoms with E-state index in [0.29, 0.717) is 5.82 Å². The van der Waals surface area contributed by atoms with Crippen molar-refractivity contribution in [2.24, 2.45) is 5.73 Å². The average molecular weight is 257 g/mol. The Hall–Kier alpha value is -2.02. The monoisotopic (exact) mass is 256 g/mol. The third kappa shape index (κ3) is 2.97. The van der Waals surface area contributed by atoms with Gasteiger partial charge in [-0.1, -0.05) is 11.6 Å². The highest BCUT2D eigenvalue weighted by Gasteiger charge is 2.14. The molecule has 0 aliphatic carbocycles. The van der Waals surface area contributed by atoms with Gasteiger partial charge in [0, 0.05) is 20.2 Å². The molecule has 0 amide bonds. The summed E-state index contributed by atoms with van der Waals surface area (Å²) in [6.45, 7) is 0. The summed E-state index contributed by atoms with van der Waals surface area (Å²) in [7, 11) is 3.47. The van der Waals surface area contributed by atoms with Crippen molar-refractivity contribution in [3.63, 3.8) is 0 Å². The average Bonchev–Trinajstić information content (AvgIpc) is 2.19. The molecule has 0 aromatic carbocycles. The first-order chi connectivity index (χ1) is 7.82. The van der Waals surface area contributed by atoms with Gasteiger partial charge in [0.05, 0.1) is 0 Å². The largest absolute Gasteiger partial charge is 0.505 e. The fourth-order valence-electron chi connectivity index (χ4n) is 1.11. The second-order valence-corrected chi connectivity index (χ2v) is 3.81. The second kappa shape index (κ2) is 4.88. The molecule has 92 valence electrons. The Balaban J connectivity index is 3.30. The topological polar surface area (TPSA) is 125 Å². The Morgan fingerprint density at radius 1 is 1.47 bits per heavy atom. The smallest absolute Gasteiger partial charge is 0.172 e. The van der Waals surface area contributed by atoms with Crippen LogP contribution in [0.5, 0.6) is 0 Å². The van der Waals surface area contributed by atoms with E-state index in [2.05, 4.69) is 9.97 Å². The molecule has 8 heteroatoms. The molecular formula is C9H13ClN6O. The molecule has 0 saturated carbocycles. The molecule has 1 heterocycles. The normalized spacial score (nSPS) is 11.4. The van der Waals surface area contributed by atoms with Crippen LogP contribution in [0.15, 0.2) is 6.08 Å². The number of nitrogen functional groups attached to an aromatic ring is 1. The van der Waals surface area contributed by atoms with Crippen LogP contribution >= 0.6 is 11.6 Å². The van der Waals surface area contributed by atoms with Gasteiger partial charge in [-0.2, -0.15) is 0 Å². The maximum absolute atomic E-state index is 9.61. The molecule has 0 aliphatic rings. The minimum Gasteiger partial charge on any atom is -0.505 e. The molecule has 0 bridgehead atoms. The Labute approximate surface area is 103 Å². The van der Waals surface area contributed by atoms with Crippen molar-refractivity contribution in [3.05, 3.63) is 16.9 Å². The predicted octanol–water partition coefficient (Wildman–Crippen LogP) is 0.613. The number of amidine groups is 1. The van der Waals surface area contributed by atoms with E-state index in [9.17, 15) is 5.11 Å². The fourth-order valence-corrected chi connectivity index (χ4v) is 1.40. The van der Waals surface area contributed by atoms with Gasteiger partial charge in [0.2, 0.25) is 0 Å². The lowest BCUT2D eigenvalue weighted by Crippen LogP contribution is -2.15. The standard InChI is InChI=1S/C9H13ClN6O/c1-16(2)9-7(10)14-6(8(13)15-9)4(17)3-5(11)12/h3,17H,1-2H3,(H3,11,12)(H2,13,15)/b4-3+. The summed E-state index contributed by atoms with van der Waals surface area (Å²) in [5.74, 6) is -0.275. The van der Waals surface area contributed by atoms with Crippen LogP contribution in [0, 0.1) is 5.41 Å². The molecule has 0 spiro atoms. The maximum Gasteiger partial charge on any atom is 0.172 e. The van der Waals surface area contributed by atoms with Crippen molar-refractivity contribution in [2.45, 2.75) is 0 Å². The molecule has 1 aromatic heterocycles. The third-order valence-corrected chi connectivity index (χ3v) is 2.08. The van der Waals surface area contributed by atoms with Crippen molar-refractivity contribution in [1.82, 2.24) is 9.97 Å². The van der Waals surface area contributed by atoms with Gasteiger partial charge < -0.3 is 21.5 Å². The number of halogens is 1. The molecular weight excluding hydrogens is 244 g/mol. The highest BCUT2D eigenvalue weighted by Crippen LogP contribution is 2.25. The third-order valence-electron chi connectivity index (χ3n) is 1.82. The highest BCUT2D eigenvalue weighted by molar-refractivity contribution is 6.31. The summed E-state index contributed by atoms with van der Waals surface area (Å²) in [6, 6.07) is 0. The summed E-state index contributed by atoms with van der Waals surface area (Å²) in [4.78, 5) is 9.55. The van der Waals surface area contributed by atoms with E-state index in [1.54, 1.807) is 19.0 Å². The molecule has 6 N–H and O–H groups in total. The van der Waals surface area contributed by atoms with Crippen LogP contribution in [0.25, 0.3) is 5.76 Å². The van der Waals surface area contributed by atoms with E-state index in [-0.39, 0.29) is 28.3 Å². The van der Waals surface area contributed by atoms with Gasteiger partial charge in [-0.3, -0.25) is 5.41 Å². The molecule has 17 heavy (non-hydrogen) atoms. The molecule has 0 aliphatic heterocycles. The number of hydrogen-bond acceptors (Lipinski definition) is 6. The van der Waals surface area contributed by atoms with E-state index >= 15 is 0 Å². The summed E-state index contributed by atoms with van der Waals surface area (Å²) in [6.07, 6.45) is 1.01. The quantitative estimate of drug-likeness (QED) is 0.357. The molecule has 1 rings (SSSR count). The SMILES string of the molecule is CN(C)c1nc(N)c(/C(O)=C\C(=N)N)nc1Cl. The minimum absolute atomic E-state index is 0.00389. The number of aliphatic hydroxyl groups excluding tert-OH is 1. The molecule has 0 radical (unpaired) electrons. The van der Waals surface area contributed by atoms with Crippen LogP contribution in [-0.4, -0.2) is 35.0 Å². The van der Waals surface area contributed by atoms with Gasteiger partial charge in [-0.05, 0) is 0 Å². The van der Waals surface area contributed by atoms with Crippen molar-refractivity contribution in [3.8, 4) is 0 Å². The van der Waals surface area contributed by atoms with Crippen LogP contribution < -0.4 is 16.4 Å². The van der Waals surface area contributed by atoms with E-state index in [0.717, 1.165) is 6.08 Å². The lowest BCUT2D eigenvalue weighted by Gasteiger charge is -2.14. The van der Waals surface area contributed by atoms with Gasteiger partial charge in [-0.15, -0.1) is 0 Å². The van der Waals surface area contributed by atoms with Gasteiger partial charge >= 0.3 is 0 Å². The zero-order valence-corrected chi connectivity index (χ0v) is 10.2. The van der Waals surface area contributed by atoms with E-state index < -0.39 is 0 Å². The molecule has 0 fully saturated rings. The van der Waals surface area contributed by atoms with Gasteiger partial charge in [-0.25, -0.2) is 9.97 Å². The molecule has 7 nitrogen and oxygen atoms in total. The summed E-state index contributed by atoms with van der Waals surface area (Å²) < 4.78 is 0. The van der Waals surface area contributed by atoms with Crippen LogP contribution in [0.4, 0.5) is 11.6 Å². The number of aliphatic hydroxyl groups is 1. The first-order valence-corrected chi connectivity index (χ1v) is 4.96. The van der Waals surface area contributed by atoms with Crippen molar-refractivity contribution < 1.29 is 5.11 Å². The lowest BCUT2D eigenvalue weighted by molar-refractivity contribution is 0.509. The number of nitrogens with zero attached hydrogens (tertiary/aromatic N) is 3. The molecule has 0 unspecified atom stereocenters. The van der Waals surface area contributed by atoms with Crippen molar-refractivity contribution in [2.75, 3.05) is 24.7 Å². The fraction of sp³-hybridized carbons (Fsp3) is 0.222. The van der Waals surface area contributed by atoms with Gasteiger partial charge in [0.1, 0.15) is 17.3 Å². The number of nitrogens with one attached hydrogen (secondary N) is 1. The van der Waals surface area contributed by atoms with Crippen molar-refractivity contribution in [1.29, 1.82) is 5.41 Å². The Morgan fingerprint density at radius 3 is 2.53 bits per heavy atom. The zero-order valence-electron chi connectivity index (χ0n) is 9.40. The first kappa shape index (κ1) is 13.0. The molecule has 0 saturated heterocycles. The summed E-state index contributed by atoms with van der Waals surface area (Å²) in [5.41, 5.74) is 10.7. The van der Waals surface area contributed by atoms with Crippen LogP contribution in [0.2, 0.25) is 5.15 Å². The number of hydrogen-bond donors (Lipinski definition) is 4. The predicted molar refractivity (Wildman–Crippen MR) is 68.3 cm³/mol. The number of aromatic nitrogens is 2. The summed E-state index contributed by atoms with van der Waals surface area (Å²) >= 11 is 5.88. The molecule has 1 aromatic rings. The van der Waals surface area contributed by atoms with E-state index in [1.807, 2.05) is 0 Å². The van der Waals surface area contributed by atoms with Gasteiger partial charge in [0.15, 0.2) is 16.8 Å². The Bertz CT molecular complexity index is 485. The van der Waals surface area contributed by atoms with Crippen LogP contribution in [0.1, 0.15) is 5.69 Å². The van der Waals surface area contributed by atoms with Crippen LogP contribution in [-0.2, 0) is 0 Å². The minimum atomic E-state index is -0.352. The lowest BCUT2D eigenvalue weighted by atomic mass is 10.3. The van der Waals surface area contributed by atoms with Gasteiger partial charge in [0.25, 0.3) is 0 Å². The Kier molecular flexibility index (Phi) is 3.74. The first-order valence-electron chi connectivity index (χ1n) is 4.58. The Morgan fingerprint density at radius 2 is 2.06 bits per heavy atom. The molecule has 0 atom stereocenters. The van der Waals surface area contributed by atoms with E-state index in [1.165, 1.54) is 0 Å². The van der Waals surface area contributed by atoms with Crippen molar-refractivity contribution >= 4 is 34.8 Å². The maximum atomic E-state index is 9.61. The number of rotatable bonds is 3. The second-order valence-electron chi connectivity index (χ2n) is 3.45. The van der Waals surface area contributed by atoms with Crippen LogP contribution in [0.3, 0.4) is 0 Å². The number of anilines is 2. The van der Waals surface area contributed by atoms with E-state index in [4.69, 9.17) is 28.5 Å². The summed E-state index contributed by atoms with van der Waals surface area (Å²) in [5, 5.41) is 16.7. The zero-order chi connectivity index (χ0) is 13.2. The number of nitrogens with two attached hydrogens (primary N) is 2.